The second kappa shape index (κ2) is 4.25. The predicted molar refractivity (Wildman–Crippen MR) is 68.0 cm³/mol. The molecule has 0 radical (unpaired) electrons. The van der Waals surface area contributed by atoms with Crippen molar-refractivity contribution < 1.29 is 14.6 Å². The summed E-state index contributed by atoms with van der Waals surface area (Å²) < 4.78 is 6.07. The maximum atomic E-state index is 10.9. The number of nitrogens with zero attached hydrogens (tertiary/aromatic N) is 1. The Morgan fingerprint density at radius 1 is 1.50 bits per heavy atom. The van der Waals surface area contributed by atoms with Crippen LogP contribution in [0.25, 0.3) is 10.9 Å². The third-order valence-electron chi connectivity index (χ3n) is 2.19. The Labute approximate surface area is 105 Å². The van der Waals surface area contributed by atoms with E-state index in [0.29, 0.717) is 11.3 Å². The summed E-state index contributed by atoms with van der Waals surface area (Å²) in [6.45, 7) is 0. The Hall–Kier alpha value is -1.37. The first-order chi connectivity index (χ1) is 7.63. The molecule has 16 heavy (non-hydrogen) atoms. The zero-order chi connectivity index (χ0) is 11.7. The molecular formula is C11H8INO3. The zero-order valence-electron chi connectivity index (χ0n) is 8.40. The molecule has 1 N–H and O–H groups in total. The highest BCUT2D eigenvalue weighted by Crippen LogP contribution is 2.28. The van der Waals surface area contributed by atoms with Crippen molar-refractivity contribution in [2.75, 3.05) is 7.11 Å². The van der Waals surface area contributed by atoms with Gasteiger partial charge < -0.3 is 9.84 Å². The van der Waals surface area contributed by atoms with Gasteiger partial charge in [-0.15, -0.1) is 0 Å². The van der Waals surface area contributed by atoms with Gasteiger partial charge in [0.05, 0.1) is 12.6 Å². The molecule has 0 fully saturated rings. The molecule has 82 valence electrons. The molecule has 0 saturated carbocycles. The Bertz CT molecular complexity index is 568. The van der Waals surface area contributed by atoms with Gasteiger partial charge in [0.1, 0.15) is 5.75 Å². The summed E-state index contributed by atoms with van der Waals surface area (Å²) in [5.41, 5.74) is 0.647. The zero-order valence-corrected chi connectivity index (χ0v) is 10.6. The number of methoxy groups -OCH3 is 1. The molecule has 5 heteroatoms. The molecule has 1 heterocycles. The lowest BCUT2D eigenvalue weighted by molar-refractivity contribution is 0.0690. The molecule has 0 unspecified atom stereocenters. The Kier molecular flexibility index (Phi) is 2.95. The van der Waals surface area contributed by atoms with E-state index in [1.54, 1.807) is 0 Å². The predicted octanol–water partition coefficient (Wildman–Crippen LogP) is 2.55. The van der Waals surface area contributed by atoms with Crippen molar-refractivity contribution in [1.29, 1.82) is 0 Å². The molecule has 0 aliphatic carbocycles. The van der Waals surface area contributed by atoms with Crippen molar-refractivity contribution in [3.05, 3.63) is 33.5 Å². The summed E-state index contributed by atoms with van der Waals surface area (Å²) in [6, 6.07) is 7.05. The number of aromatic carboxylic acids is 1. The van der Waals surface area contributed by atoms with Gasteiger partial charge in [0.2, 0.25) is 0 Å². The van der Waals surface area contributed by atoms with Crippen LogP contribution in [0.1, 0.15) is 10.5 Å². The van der Waals surface area contributed by atoms with Crippen LogP contribution in [0, 0.1) is 3.57 Å². The SMILES string of the molecule is COc1cc(C(=O)O)nc2c(I)cccc12. The van der Waals surface area contributed by atoms with Crippen molar-refractivity contribution in [3.63, 3.8) is 0 Å². The minimum Gasteiger partial charge on any atom is -0.496 e. The molecule has 0 spiro atoms. The highest BCUT2D eigenvalue weighted by atomic mass is 127. The van der Waals surface area contributed by atoms with Gasteiger partial charge in [-0.1, -0.05) is 6.07 Å². The molecule has 2 aromatic rings. The quantitative estimate of drug-likeness (QED) is 0.861. The van der Waals surface area contributed by atoms with Gasteiger partial charge in [-0.25, -0.2) is 9.78 Å². The van der Waals surface area contributed by atoms with Crippen LogP contribution in [0.4, 0.5) is 0 Å². The van der Waals surface area contributed by atoms with E-state index in [0.717, 1.165) is 8.96 Å². The Balaban J connectivity index is 2.84. The molecule has 0 saturated heterocycles. The number of pyridine rings is 1. The Morgan fingerprint density at radius 2 is 2.25 bits per heavy atom. The van der Waals surface area contributed by atoms with E-state index < -0.39 is 5.97 Å². The number of carbonyl (C=O) groups is 1. The smallest absolute Gasteiger partial charge is 0.354 e. The van der Waals surface area contributed by atoms with E-state index >= 15 is 0 Å². The molecule has 0 aliphatic heterocycles. The van der Waals surface area contributed by atoms with Gasteiger partial charge in [-0.05, 0) is 34.7 Å². The lowest BCUT2D eigenvalue weighted by Crippen LogP contribution is -2.02. The number of benzene rings is 1. The van der Waals surface area contributed by atoms with Crippen molar-refractivity contribution >= 4 is 39.5 Å². The number of hydrogen-bond acceptors (Lipinski definition) is 3. The number of fused-ring (bicyclic) bond motifs is 1. The van der Waals surface area contributed by atoms with Gasteiger partial charge in [-0.3, -0.25) is 0 Å². The van der Waals surface area contributed by atoms with Crippen LogP contribution in [0.5, 0.6) is 5.75 Å². The second-order valence-corrected chi connectivity index (χ2v) is 4.31. The molecule has 0 aliphatic rings. The van der Waals surface area contributed by atoms with Crippen LogP contribution < -0.4 is 4.74 Å². The minimum atomic E-state index is -1.06. The number of hydrogen-bond donors (Lipinski definition) is 1. The Morgan fingerprint density at radius 3 is 2.88 bits per heavy atom. The molecule has 0 atom stereocenters. The number of ether oxygens (including phenoxy) is 1. The van der Waals surface area contributed by atoms with Gasteiger partial charge >= 0.3 is 5.97 Å². The maximum absolute atomic E-state index is 10.9. The molecule has 0 bridgehead atoms. The van der Waals surface area contributed by atoms with Gasteiger partial charge in [0.25, 0.3) is 0 Å². The van der Waals surface area contributed by atoms with Gasteiger partial charge in [0.15, 0.2) is 5.69 Å². The average Bonchev–Trinajstić information content (AvgIpc) is 2.28. The van der Waals surface area contributed by atoms with Crippen molar-refractivity contribution in [2.45, 2.75) is 0 Å². The fraction of sp³-hybridized carbons (Fsp3) is 0.0909. The fourth-order valence-corrected chi connectivity index (χ4v) is 2.08. The lowest BCUT2D eigenvalue weighted by Gasteiger charge is -2.07. The summed E-state index contributed by atoms with van der Waals surface area (Å²) in [4.78, 5) is 15.0. The molecule has 1 aromatic heterocycles. The highest BCUT2D eigenvalue weighted by molar-refractivity contribution is 14.1. The van der Waals surface area contributed by atoms with Crippen LogP contribution in [0.15, 0.2) is 24.3 Å². The van der Waals surface area contributed by atoms with E-state index in [1.165, 1.54) is 13.2 Å². The molecule has 1 aromatic carbocycles. The molecule has 4 nitrogen and oxygen atoms in total. The van der Waals surface area contributed by atoms with Crippen molar-refractivity contribution in [2.24, 2.45) is 0 Å². The number of carboxylic acids is 1. The van der Waals surface area contributed by atoms with E-state index in [1.807, 2.05) is 18.2 Å². The molecule has 0 amide bonds. The first kappa shape index (κ1) is 11.1. The maximum Gasteiger partial charge on any atom is 0.354 e. The molecule has 2 rings (SSSR count). The fourth-order valence-electron chi connectivity index (χ4n) is 1.46. The van der Waals surface area contributed by atoms with Crippen LogP contribution in [0.3, 0.4) is 0 Å². The van der Waals surface area contributed by atoms with Crippen LogP contribution in [0.2, 0.25) is 0 Å². The third kappa shape index (κ3) is 1.82. The van der Waals surface area contributed by atoms with E-state index in [2.05, 4.69) is 27.6 Å². The molecular weight excluding hydrogens is 321 g/mol. The van der Waals surface area contributed by atoms with Crippen molar-refractivity contribution in [1.82, 2.24) is 4.98 Å². The minimum absolute atomic E-state index is 0.00605. The van der Waals surface area contributed by atoms with Crippen LogP contribution >= 0.6 is 22.6 Å². The summed E-state index contributed by atoms with van der Waals surface area (Å²) in [6.07, 6.45) is 0. The van der Waals surface area contributed by atoms with Crippen molar-refractivity contribution in [3.8, 4) is 5.75 Å². The van der Waals surface area contributed by atoms with E-state index in [4.69, 9.17) is 9.84 Å². The number of aromatic nitrogens is 1. The standard InChI is InChI=1S/C11H8INO3/c1-16-9-5-8(11(14)15)13-10-6(9)3-2-4-7(10)12/h2-5H,1H3,(H,14,15). The van der Waals surface area contributed by atoms with Gasteiger partial charge in [-0.2, -0.15) is 0 Å². The first-order valence-corrected chi connectivity index (χ1v) is 5.58. The third-order valence-corrected chi connectivity index (χ3v) is 3.06. The summed E-state index contributed by atoms with van der Waals surface area (Å²) in [5, 5.41) is 9.75. The van der Waals surface area contributed by atoms with E-state index in [9.17, 15) is 4.79 Å². The second-order valence-electron chi connectivity index (χ2n) is 3.15. The topological polar surface area (TPSA) is 59.4 Å². The largest absolute Gasteiger partial charge is 0.496 e. The normalized spacial score (nSPS) is 10.4. The average molecular weight is 329 g/mol. The number of rotatable bonds is 2. The van der Waals surface area contributed by atoms with E-state index in [-0.39, 0.29) is 5.69 Å². The lowest BCUT2D eigenvalue weighted by atomic mass is 10.2. The summed E-state index contributed by atoms with van der Waals surface area (Å²) in [7, 11) is 1.51. The van der Waals surface area contributed by atoms with Crippen LogP contribution in [-0.4, -0.2) is 23.2 Å². The van der Waals surface area contributed by atoms with Gasteiger partial charge in [0, 0.05) is 15.0 Å². The number of halogens is 1. The highest BCUT2D eigenvalue weighted by Gasteiger charge is 2.12. The number of carboxylic acid groups (broad SMARTS) is 1. The monoisotopic (exact) mass is 329 g/mol. The number of para-hydroxylation sites is 1. The first-order valence-electron chi connectivity index (χ1n) is 4.50. The summed E-state index contributed by atoms with van der Waals surface area (Å²) >= 11 is 2.12. The van der Waals surface area contributed by atoms with Crippen LogP contribution in [-0.2, 0) is 0 Å². The summed E-state index contributed by atoms with van der Waals surface area (Å²) in [5.74, 6) is -0.527.